The number of alkyl halides is 1. The minimum atomic E-state index is -0.944. The average molecular weight is 194 g/mol. The monoisotopic (exact) mass is 193 g/mol. The van der Waals surface area contributed by atoms with Gasteiger partial charge in [-0.25, -0.2) is 0 Å². The lowest BCUT2D eigenvalue weighted by molar-refractivity contribution is -0.136. The van der Waals surface area contributed by atoms with Gasteiger partial charge in [0.2, 0.25) is 0 Å². The van der Waals surface area contributed by atoms with Gasteiger partial charge in [-0.15, -0.1) is 11.6 Å². The number of carboxylic acids is 1. The van der Waals surface area contributed by atoms with E-state index in [1.165, 1.54) is 0 Å². The van der Waals surface area contributed by atoms with E-state index >= 15 is 0 Å². The first-order valence-corrected chi connectivity index (χ1v) is 4.57. The highest BCUT2D eigenvalue weighted by atomic mass is 35.5. The third-order valence-corrected chi connectivity index (χ3v) is 1.96. The van der Waals surface area contributed by atoms with E-state index in [0.717, 1.165) is 19.4 Å². The summed E-state index contributed by atoms with van der Waals surface area (Å²) in [6.45, 7) is 3.42. The van der Waals surface area contributed by atoms with E-state index < -0.39 is 11.3 Å². The molecule has 0 aliphatic carbocycles. The molecule has 0 heterocycles. The Hall–Kier alpha value is -0.280. The quantitative estimate of drug-likeness (QED) is 0.649. The molecule has 0 aliphatic heterocycles. The molecule has 1 unspecified atom stereocenters. The van der Waals surface area contributed by atoms with Crippen molar-refractivity contribution in [2.45, 2.75) is 25.1 Å². The van der Waals surface area contributed by atoms with Gasteiger partial charge in [-0.05, 0) is 20.0 Å². The van der Waals surface area contributed by atoms with Gasteiger partial charge in [-0.1, -0.05) is 13.3 Å². The second-order valence-electron chi connectivity index (χ2n) is 2.92. The molecule has 72 valence electrons. The predicted molar refractivity (Wildman–Crippen MR) is 49.7 cm³/mol. The first-order chi connectivity index (χ1) is 5.57. The van der Waals surface area contributed by atoms with Crippen molar-refractivity contribution in [3.8, 4) is 0 Å². The zero-order chi connectivity index (χ0) is 9.56. The van der Waals surface area contributed by atoms with Crippen LogP contribution in [0, 0.1) is 0 Å². The van der Waals surface area contributed by atoms with Gasteiger partial charge in [-0.2, -0.15) is 0 Å². The number of rotatable bonds is 6. The number of halogens is 1. The van der Waals surface area contributed by atoms with Crippen molar-refractivity contribution >= 4 is 17.6 Å². The van der Waals surface area contributed by atoms with E-state index in [0.29, 0.717) is 6.54 Å². The number of carboxylic acid groups (broad SMARTS) is 1. The minimum Gasteiger partial charge on any atom is -0.480 e. The summed E-state index contributed by atoms with van der Waals surface area (Å²) >= 11 is 5.55. The third-order valence-electron chi connectivity index (χ3n) is 1.63. The molecule has 0 aromatic heterocycles. The average Bonchev–Trinajstić information content (AvgIpc) is 2.00. The largest absolute Gasteiger partial charge is 0.480 e. The maximum atomic E-state index is 10.3. The van der Waals surface area contributed by atoms with Gasteiger partial charge >= 0.3 is 5.97 Å². The lowest BCUT2D eigenvalue weighted by atomic mass is 10.3. The minimum absolute atomic E-state index is 0.414. The van der Waals surface area contributed by atoms with Crippen molar-refractivity contribution in [1.82, 2.24) is 4.90 Å². The molecule has 0 spiro atoms. The normalized spacial score (nSPS) is 13.3. The molecule has 0 bridgehead atoms. The fourth-order valence-corrected chi connectivity index (χ4v) is 1.11. The van der Waals surface area contributed by atoms with Crippen LogP contribution in [0.1, 0.15) is 19.8 Å². The van der Waals surface area contributed by atoms with Crippen LogP contribution < -0.4 is 0 Å². The van der Waals surface area contributed by atoms with E-state index in [4.69, 9.17) is 16.7 Å². The Kier molecular flexibility index (Phi) is 6.11. The van der Waals surface area contributed by atoms with E-state index in [1.807, 2.05) is 11.9 Å². The maximum Gasteiger partial charge on any atom is 0.322 e. The highest BCUT2D eigenvalue weighted by molar-refractivity contribution is 6.29. The van der Waals surface area contributed by atoms with Crippen molar-refractivity contribution in [3.63, 3.8) is 0 Å². The first kappa shape index (κ1) is 11.7. The molecule has 0 aromatic carbocycles. The summed E-state index contributed by atoms with van der Waals surface area (Å²) in [7, 11) is 1.88. The summed E-state index contributed by atoms with van der Waals surface area (Å²) in [4.78, 5) is 12.3. The van der Waals surface area contributed by atoms with Gasteiger partial charge < -0.3 is 10.0 Å². The molecule has 0 amide bonds. The van der Waals surface area contributed by atoms with E-state index in [-0.39, 0.29) is 0 Å². The van der Waals surface area contributed by atoms with Gasteiger partial charge in [0.05, 0.1) is 0 Å². The molecule has 0 aliphatic rings. The standard InChI is InChI=1S/C8H16ClNO2/c1-3-4-5-10(2)6-7(9)8(11)12/h7H,3-6H2,1-2H3,(H,11,12). The SMILES string of the molecule is CCCCN(C)CC(Cl)C(=O)O. The summed E-state index contributed by atoms with van der Waals surface area (Å²) < 4.78 is 0. The van der Waals surface area contributed by atoms with Gasteiger partial charge in [0.25, 0.3) is 0 Å². The van der Waals surface area contributed by atoms with Crippen molar-refractivity contribution in [1.29, 1.82) is 0 Å². The van der Waals surface area contributed by atoms with Gasteiger partial charge in [0.15, 0.2) is 0 Å². The summed E-state index contributed by atoms with van der Waals surface area (Å²) in [6.07, 6.45) is 2.20. The van der Waals surface area contributed by atoms with Crippen LogP contribution in [0.5, 0.6) is 0 Å². The van der Waals surface area contributed by atoms with Crippen LogP contribution in [0.4, 0.5) is 0 Å². The van der Waals surface area contributed by atoms with Gasteiger partial charge in [0.1, 0.15) is 5.38 Å². The molecule has 0 rings (SSSR count). The fraction of sp³-hybridized carbons (Fsp3) is 0.875. The second-order valence-corrected chi connectivity index (χ2v) is 3.45. The summed E-state index contributed by atoms with van der Waals surface area (Å²) in [5.74, 6) is -0.944. The Bertz CT molecular complexity index is 141. The molecule has 0 aromatic rings. The van der Waals surface area contributed by atoms with Crippen molar-refractivity contribution in [2.24, 2.45) is 0 Å². The van der Waals surface area contributed by atoms with Crippen LogP contribution in [-0.2, 0) is 4.79 Å². The van der Waals surface area contributed by atoms with Crippen LogP contribution in [0.25, 0.3) is 0 Å². The highest BCUT2D eigenvalue weighted by Crippen LogP contribution is 2.00. The zero-order valence-corrected chi connectivity index (χ0v) is 8.34. The molecule has 1 atom stereocenters. The molecule has 0 radical (unpaired) electrons. The summed E-state index contributed by atoms with van der Waals surface area (Å²) in [5.41, 5.74) is 0. The van der Waals surface area contributed by atoms with Crippen molar-refractivity contribution < 1.29 is 9.90 Å². The van der Waals surface area contributed by atoms with Crippen molar-refractivity contribution in [2.75, 3.05) is 20.1 Å². The molecular weight excluding hydrogens is 178 g/mol. The summed E-state index contributed by atoms with van der Waals surface area (Å²) in [5, 5.41) is 7.71. The Labute approximate surface area is 78.3 Å². The van der Waals surface area contributed by atoms with Crippen LogP contribution in [0.15, 0.2) is 0 Å². The lowest BCUT2D eigenvalue weighted by Gasteiger charge is -2.17. The van der Waals surface area contributed by atoms with Gasteiger partial charge in [-0.3, -0.25) is 4.79 Å². The molecule has 12 heavy (non-hydrogen) atoms. The Morgan fingerprint density at radius 3 is 2.67 bits per heavy atom. The summed E-state index contributed by atoms with van der Waals surface area (Å²) in [6, 6.07) is 0. The van der Waals surface area contributed by atoms with Crippen LogP contribution in [0.3, 0.4) is 0 Å². The predicted octanol–water partition coefficient (Wildman–Crippen LogP) is 1.41. The van der Waals surface area contributed by atoms with Crippen LogP contribution in [0.2, 0.25) is 0 Å². The number of nitrogens with zero attached hydrogens (tertiary/aromatic N) is 1. The third kappa shape index (κ3) is 5.38. The van der Waals surface area contributed by atoms with E-state index in [2.05, 4.69) is 6.92 Å². The molecular formula is C8H16ClNO2. The molecule has 1 N–H and O–H groups in total. The van der Waals surface area contributed by atoms with E-state index in [1.54, 1.807) is 0 Å². The Balaban J connectivity index is 3.53. The van der Waals surface area contributed by atoms with E-state index in [9.17, 15) is 4.79 Å². The topological polar surface area (TPSA) is 40.5 Å². The molecule has 0 saturated carbocycles. The Morgan fingerprint density at radius 2 is 2.25 bits per heavy atom. The molecule has 3 nitrogen and oxygen atoms in total. The first-order valence-electron chi connectivity index (χ1n) is 4.13. The number of aliphatic carboxylic acids is 1. The van der Waals surface area contributed by atoms with Crippen molar-refractivity contribution in [3.05, 3.63) is 0 Å². The highest BCUT2D eigenvalue weighted by Gasteiger charge is 2.15. The Morgan fingerprint density at radius 1 is 1.67 bits per heavy atom. The fourth-order valence-electron chi connectivity index (χ4n) is 0.871. The molecule has 4 heteroatoms. The number of unbranched alkanes of at least 4 members (excludes halogenated alkanes) is 1. The second kappa shape index (κ2) is 6.26. The van der Waals surface area contributed by atoms with Gasteiger partial charge in [0, 0.05) is 6.54 Å². The smallest absolute Gasteiger partial charge is 0.322 e. The van der Waals surface area contributed by atoms with Crippen LogP contribution >= 0.6 is 11.6 Å². The zero-order valence-electron chi connectivity index (χ0n) is 7.59. The number of hydrogen-bond acceptors (Lipinski definition) is 2. The molecule has 0 fully saturated rings. The number of carbonyl (C=O) groups is 1. The number of hydrogen-bond donors (Lipinski definition) is 1. The maximum absolute atomic E-state index is 10.3. The lowest BCUT2D eigenvalue weighted by Crippen LogP contribution is -2.31. The van der Waals surface area contributed by atoms with Crippen LogP contribution in [-0.4, -0.2) is 41.5 Å². The molecule has 0 saturated heterocycles.